The zero-order valence-corrected chi connectivity index (χ0v) is 19.7. The molecular formula is C20H35N3O7S. The quantitative estimate of drug-likeness (QED) is 0.245. The van der Waals surface area contributed by atoms with E-state index in [9.17, 15) is 24.0 Å². The van der Waals surface area contributed by atoms with E-state index >= 15 is 0 Å². The number of thioether (sulfide) groups is 1. The van der Waals surface area contributed by atoms with Gasteiger partial charge in [0.1, 0.15) is 23.3 Å². The lowest BCUT2D eigenvalue weighted by atomic mass is 10.0. The summed E-state index contributed by atoms with van der Waals surface area (Å²) in [6, 6.07) is -2.01. The van der Waals surface area contributed by atoms with Gasteiger partial charge in [0.2, 0.25) is 17.7 Å². The summed E-state index contributed by atoms with van der Waals surface area (Å²) >= 11 is 1.28. The lowest BCUT2D eigenvalue weighted by Gasteiger charge is -2.19. The molecule has 10 nitrogen and oxygen atoms in total. The molecule has 0 radical (unpaired) electrons. The molecule has 0 aliphatic carbocycles. The van der Waals surface area contributed by atoms with Gasteiger partial charge in [0.05, 0.1) is 12.3 Å². The standard InChI is InChI=1S/C20H35N3O7S/c1-6-30-14(5)31-11-18(26)23-15(8-7-9-16(24)12(2)3)19(27)21-10-17(25)22-13(4)20(28)29/h12-15H,6-11H2,1-5H3,(H,21,27)(H,22,25)(H,23,26)(H,28,29). The van der Waals surface area contributed by atoms with Gasteiger partial charge in [0, 0.05) is 18.9 Å². The van der Waals surface area contributed by atoms with Crippen LogP contribution < -0.4 is 16.0 Å². The first kappa shape index (κ1) is 28.9. The fraction of sp³-hybridized carbons (Fsp3) is 0.750. The molecule has 11 heteroatoms. The maximum absolute atomic E-state index is 12.5. The van der Waals surface area contributed by atoms with E-state index in [0.717, 1.165) is 0 Å². The number of Topliss-reactive ketones (excluding diaryl/α,β-unsaturated/α-hetero) is 1. The Morgan fingerprint density at radius 1 is 1.00 bits per heavy atom. The van der Waals surface area contributed by atoms with Crippen molar-refractivity contribution in [3.8, 4) is 0 Å². The molecule has 3 amide bonds. The average molecular weight is 462 g/mol. The molecule has 4 N–H and O–H groups in total. The van der Waals surface area contributed by atoms with Gasteiger partial charge in [-0.05, 0) is 33.6 Å². The van der Waals surface area contributed by atoms with Crippen LogP contribution in [0.1, 0.15) is 53.9 Å². The molecule has 0 aromatic rings. The number of hydrogen-bond acceptors (Lipinski definition) is 7. The largest absolute Gasteiger partial charge is 0.480 e. The Labute approximate surface area is 187 Å². The molecule has 178 valence electrons. The van der Waals surface area contributed by atoms with Crippen LogP contribution in [0.15, 0.2) is 0 Å². The fourth-order valence-corrected chi connectivity index (χ4v) is 3.10. The van der Waals surface area contributed by atoms with E-state index in [-0.39, 0.29) is 41.6 Å². The number of amides is 3. The van der Waals surface area contributed by atoms with Crippen LogP contribution in [-0.2, 0) is 28.7 Å². The summed E-state index contributed by atoms with van der Waals surface area (Å²) in [7, 11) is 0. The zero-order valence-electron chi connectivity index (χ0n) is 18.9. The van der Waals surface area contributed by atoms with E-state index in [1.807, 2.05) is 13.8 Å². The van der Waals surface area contributed by atoms with E-state index in [1.54, 1.807) is 13.8 Å². The maximum atomic E-state index is 12.5. The second-order valence-electron chi connectivity index (χ2n) is 7.31. The second-order valence-corrected chi connectivity index (χ2v) is 8.60. The Morgan fingerprint density at radius 3 is 2.19 bits per heavy atom. The summed E-state index contributed by atoms with van der Waals surface area (Å²) in [6.45, 7) is 8.65. The minimum Gasteiger partial charge on any atom is -0.480 e. The van der Waals surface area contributed by atoms with Gasteiger partial charge in [0.25, 0.3) is 0 Å². The van der Waals surface area contributed by atoms with Crippen molar-refractivity contribution in [2.45, 2.75) is 71.4 Å². The van der Waals surface area contributed by atoms with Gasteiger partial charge in [-0.3, -0.25) is 24.0 Å². The molecule has 3 unspecified atom stereocenters. The number of aliphatic carboxylic acids is 1. The van der Waals surface area contributed by atoms with Crippen molar-refractivity contribution in [1.29, 1.82) is 0 Å². The number of ketones is 1. The predicted octanol–water partition coefficient (Wildman–Crippen LogP) is 0.688. The van der Waals surface area contributed by atoms with Crippen LogP contribution in [-0.4, -0.2) is 71.0 Å². The summed E-state index contributed by atoms with van der Waals surface area (Å²) in [4.78, 5) is 59.2. The Hall–Kier alpha value is -2.14. The minimum atomic E-state index is -1.20. The van der Waals surface area contributed by atoms with Crippen LogP contribution in [0.4, 0.5) is 0 Å². The van der Waals surface area contributed by atoms with Crippen LogP contribution in [0.3, 0.4) is 0 Å². The molecule has 0 spiro atoms. The van der Waals surface area contributed by atoms with Gasteiger partial charge < -0.3 is 25.8 Å². The number of ether oxygens (including phenoxy) is 1. The number of nitrogens with one attached hydrogen (secondary N) is 3. The van der Waals surface area contributed by atoms with Gasteiger partial charge in [-0.1, -0.05) is 13.8 Å². The van der Waals surface area contributed by atoms with Crippen LogP contribution in [0, 0.1) is 5.92 Å². The van der Waals surface area contributed by atoms with E-state index in [1.165, 1.54) is 18.7 Å². The third-order valence-corrected chi connectivity index (χ3v) is 5.27. The van der Waals surface area contributed by atoms with Crippen LogP contribution >= 0.6 is 11.8 Å². The van der Waals surface area contributed by atoms with Crippen molar-refractivity contribution in [2.75, 3.05) is 18.9 Å². The SMILES string of the molecule is CCOC(C)SCC(=O)NC(CCCC(=O)C(C)C)C(=O)NCC(=O)NC(C)C(=O)O. The lowest BCUT2D eigenvalue weighted by Crippen LogP contribution is -2.50. The van der Waals surface area contributed by atoms with Crippen molar-refractivity contribution in [1.82, 2.24) is 16.0 Å². The molecule has 0 aromatic carbocycles. The fourth-order valence-electron chi connectivity index (χ4n) is 2.39. The number of rotatable bonds is 16. The molecule has 0 bridgehead atoms. The van der Waals surface area contributed by atoms with Gasteiger partial charge in [0.15, 0.2) is 0 Å². The normalized spacial score (nSPS) is 13.7. The third-order valence-electron chi connectivity index (χ3n) is 4.23. The van der Waals surface area contributed by atoms with Gasteiger partial charge >= 0.3 is 5.97 Å². The first-order valence-electron chi connectivity index (χ1n) is 10.3. The molecule has 0 saturated carbocycles. The van der Waals surface area contributed by atoms with Gasteiger partial charge in [-0.15, -0.1) is 11.8 Å². The molecule has 0 aromatic heterocycles. The summed E-state index contributed by atoms with van der Waals surface area (Å²) < 4.78 is 5.35. The highest BCUT2D eigenvalue weighted by molar-refractivity contribution is 8.00. The van der Waals surface area contributed by atoms with Crippen molar-refractivity contribution in [3.63, 3.8) is 0 Å². The highest BCUT2D eigenvalue weighted by Gasteiger charge is 2.23. The molecule has 0 rings (SSSR count). The monoisotopic (exact) mass is 461 g/mol. The molecular weight excluding hydrogens is 426 g/mol. The van der Waals surface area contributed by atoms with Crippen molar-refractivity contribution >= 4 is 41.2 Å². The van der Waals surface area contributed by atoms with E-state index in [2.05, 4.69) is 16.0 Å². The van der Waals surface area contributed by atoms with Crippen molar-refractivity contribution in [2.24, 2.45) is 5.92 Å². The average Bonchev–Trinajstić information content (AvgIpc) is 2.69. The second kappa shape index (κ2) is 15.6. The maximum Gasteiger partial charge on any atom is 0.325 e. The number of carboxylic acid groups (broad SMARTS) is 1. The summed E-state index contributed by atoms with van der Waals surface area (Å²) in [5, 5.41) is 16.1. The van der Waals surface area contributed by atoms with Crippen molar-refractivity contribution in [3.05, 3.63) is 0 Å². The molecule has 0 aliphatic rings. The molecule has 0 fully saturated rings. The summed E-state index contributed by atoms with van der Waals surface area (Å²) in [5.74, 6) is -2.76. The van der Waals surface area contributed by atoms with E-state index in [0.29, 0.717) is 13.0 Å². The lowest BCUT2D eigenvalue weighted by molar-refractivity contribution is -0.141. The molecule has 0 saturated heterocycles. The Morgan fingerprint density at radius 2 is 1.65 bits per heavy atom. The molecule has 3 atom stereocenters. The van der Waals surface area contributed by atoms with Crippen molar-refractivity contribution < 1.29 is 33.8 Å². The van der Waals surface area contributed by atoms with Crippen LogP contribution in [0.5, 0.6) is 0 Å². The summed E-state index contributed by atoms with van der Waals surface area (Å²) in [6.07, 6.45) is 0.916. The number of carboxylic acids is 1. The summed E-state index contributed by atoms with van der Waals surface area (Å²) in [5.41, 5.74) is -0.174. The smallest absolute Gasteiger partial charge is 0.325 e. The molecule has 0 heterocycles. The van der Waals surface area contributed by atoms with Gasteiger partial charge in [-0.2, -0.15) is 0 Å². The van der Waals surface area contributed by atoms with E-state index in [4.69, 9.17) is 9.84 Å². The number of carbonyl (C=O) groups is 5. The number of carbonyl (C=O) groups excluding carboxylic acids is 4. The Bertz CT molecular complexity index is 628. The highest BCUT2D eigenvalue weighted by atomic mass is 32.2. The van der Waals surface area contributed by atoms with E-state index < -0.39 is 36.4 Å². The Kier molecular flexibility index (Phi) is 14.6. The first-order chi connectivity index (χ1) is 14.5. The minimum absolute atomic E-state index is 0.0635. The predicted molar refractivity (Wildman–Crippen MR) is 117 cm³/mol. The topological polar surface area (TPSA) is 151 Å². The van der Waals surface area contributed by atoms with Crippen LogP contribution in [0.2, 0.25) is 0 Å². The number of hydrogen-bond donors (Lipinski definition) is 4. The van der Waals surface area contributed by atoms with Gasteiger partial charge in [-0.25, -0.2) is 0 Å². The third kappa shape index (κ3) is 13.7. The van der Waals surface area contributed by atoms with Crippen LogP contribution in [0.25, 0.3) is 0 Å². The zero-order chi connectivity index (χ0) is 24.0. The Balaban J connectivity index is 4.81. The molecule has 0 aliphatic heterocycles. The highest BCUT2D eigenvalue weighted by Crippen LogP contribution is 2.12. The first-order valence-corrected chi connectivity index (χ1v) is 11.4. The molecule has 31 heavy (non-hydrogen) atoms.